The summed E-state index contributed by atoms with van der Waals surface area (Å²) in [5.41, 5.74) is 3.44. The van der Waals surface area contributed by atoms with Crippen molar-refractivity contribution in [2.24, 2.45) is 0 Å². The molecule has 3 aromatic rings. The van der Waals surface area contributed by atoms with Crippen molar-refractivity contribution in [1.82, 2.24) is 0 Å². The molecule has 0 bridgehead atoms. The number of rotatable bonds is 6. The van der Waals surface area contributed by atoms with Gasteiger partial charge in [0, 0.05) is 11.8 Å². The Balaban J connectivity index is 1.84. The molecular formula is C26H23FN2O4. The van der Waals surface area contributed by atoms with Crippen molar-refractivity contribution in [3.63, 3.8) is 0 Å². The van der Waals surface area contributed by atoms with Crippen molar-refractivity contribution in [3.05, 3.63) is 88.9 Å². The lowest BCUT2D eigenvalue weighted by atomic mass is 10.0. The van der Waals surface area contributed by atoms with E-state index in [-0.39, 0.29) is 11.3 Å². The smallest absolute Gasteiger partial charge is 0.282 e. The average Bonchev–Trinajstić information content (AvgIpc) is 3.05. The largest absolute Gasteiger partial charge is 0.493 e. The fourth-order valence-electron chi connectivity index (χ4n) is 3.77. The van der Waals surface area contributed by atoms with E-state index in [1.165, 1.54) is 38.5 Å². The molecule has 33 heavy (non-hydrogen) atoms. The molecule has 0 spiro atoms. The number of methoxy groups -OCH3 is 2. The number of amides is 2. The van der Waals surface area contributed by atoms with Crippen molar-refractivity contribution in [3.8, 4) is 11.5 Å². The highest BCUT2D eigenvalue weighted by Gasteiger charge is 2.41. The van der Waals surface area contributed by atoms with Crippen molar-refractivity contribution in [2.75, 3.05) is 24.4 Å². The van der Waals surface area contributed by atoms with Crippen molar-refractivity contribution in [1.29, 1.82) is 0 Å². The summed E-state index contributed by atoms with van der Waals surface area (Å²) in [6, 6.07) is 16.2. The number of imide groups is 1. The molecule has 0 unspecified atom stereocenters. The van der Waals surface area contributed by atoms with Crippen molar-refractivity contribution in [2.45, 2.75) is 13.8 Å². The van der Waals surface area contributed by atoms with Gasteiger partial charge in [-0.1, -0.05) is 24.3 Å². The Bertz CT molecular complexity index is 1280. The van der Waals surface area contributed by atoms with E-state index in [2.05, 4.69) is 5.32 Å². The third-order valence-corrected chi connectivity index (χ3v) is 5.48. The lowest BCUT2D eigenvalue weighted by Gasteiger charge is -2.18. The fraction of sp³-hybridized carbons (Fsp3) is 0.154. The topological polar surface area (TPSA) is 67.9 Å². The maximum absolute atomic E-state index is 13.6. The molecule has 4 rings (SSSR count). The zero-order chi connectivity index (χ0) is 23.7. The molecule has 0 aliphatic carbocycles. The Labute approximate surface area is 191 Å². The number of anilines is 2. The lowest BCUT2D eigenvalue weighted by molar-refractivity contribution is -0.120. The SMILES string of the molecule is COc1ccc(NC2=C(c3ccc(F)cc3)C(=O)N(c3cc(C)ccc3C)C2=O)cc1OC. The van der Waals surface area contributed by atoms with Gasteiger partial charge >= 0.3 is 0 Å². The van der Waals surface area contributed by atoms with Gasteiger partial charge in [0.25, 0.3) is 11.8 Å². The molecule has 1 aliphatic rings. The van der Waals surface area contributed by atoms with Gasteiger partial charge in [-0.3, -0.25) is 9.59 Å². The molecule has 0 saturated heterocycles. The van der Waals surface area contributed by atoms with Gasteiger partial charge < -0.3 is 14.8 Å². The van der Waals surface area contributed by atoms with Crippen molar-refractivity contribution < 1.29 is 23.5 Å². The number of hydrogen-bond donors (Lipinski definition) is 1. The van der Waals surface area contributed by atoms with E-state index < -0.39 is 17.6 Å². The molecule has 7 heteroatoms. The van der Waals surface area contributed by atoms with Gasteiger partial charge in [-0.2, -0.15) is 0 Å². The van der Waals surface area contributed by atoms with Gasteiger partial charge in [0.05, 0.1) is 25.5 Å². The first-order valence-corrected chi connectivity index (χ1v) is 10.3. The highest BCUT2D eigenvalue weighted by molar-refractivity contribution is 6.46. The van der Waals surface area contributed by atoms with Crippen LogP contribution in [0.4, 0.5) is 15.8 Å². The molecule has 0 atom stereocenters. The lowest BCUT2D eigenvalue weighted by Crippen LogP contribution is -2.33. The van der Waals surface area contributed by atoms with Crippen LogP contribution in [-0.4, -0.2) is 26.0 Å². The van der Waals surface area contributed by atoms with Crippen molar-refractivity contribution >= 4 is 28.8 Å². The molecule has 0 aromatic heterocycles. The predicted molar refractivity (Wildman–Crippen MR) is 125 cm³/mol. The minimum absolute atomic E-state index is 0.0970. The molecule has 1 N–H and O–H groups in total. The van der Waals surface area contributed by atoms with E-state index >= 15 is 0 Å². The van der Waals surface area contributed by atoms with Gasteiger partial charge in [0.15, 0.2) is 11.5 Å². The number of halogens is 1. The van der Waals surface area contributed by atoms with Crippen LogP contribution in [0, 0.1) is 19.7 Å². The van der Waals surface area contributed by atoms with Crippen LogP contribution in [0.1, 0.15) is 16.7 Å². The Kier molecular flexibility index (Phi) is 5.87. The second-order valence-corrected chi connectivity index (χ2v) is 7.69. The number of nitrogens with one attached hydrogen (secondary N) is 1. The molecule has 1 aliphatic heterocycles. The van der Waals surface area contributed by atoms with E-state index in [1.54, 1.807) is 24.3 Å². The summed E-state index contributed by atoms with van der Waals surface area (Å²) < 4.78 is 24.2. The minimum atomic E-state index is -0.497. The van der Waals surface area contributed by atoms with Crippen LogP contribution in [0.15, 0.2) is 66.4 Å². The molecular weight excluding hydrogens is 423 g/mol. The third kappa shape index (κ3) is 4.05. The zero-order valence-corrected chi connectivity index (χ0v) is 18.7. The Morgan fingerprint density at radius 1 is 0.818 bits per heavy atom. The Hall–Kier alpha value is -4.13. The van der Waals surface area contributed by atoms with E-state index in [1.807, 2.05) is 26.0 Å². The maximum atomic E-state index is 13.6. The van der Waals surface area contributed by atoms with Gasteiger partial charge in [-0.05, 0) is 60.9 Å². The number of carbonyl (C=O) groups excluding carboxylic acids is 2. The summed E-state index contributed by atoms with van der Waals surface area (Å²) >= 11 is 0. The van der Waals surface area contributed by atoms with E-state index in [0.29, 0.717) is 28.4 Å². The number of hydrogen-bond acceptors (Lipinski definition) is 5. The van der Waals surface area contributed by atoms with Gasteiger partial charge in [0.1, 0.15) is 11.5 Å². The van der Waals surface area contributed by atoms with Gasteiger partial charge in [-0.15, -0.1) is 0 Å². The molecule has 0 saturated carbocycles. The number of ether oxygens (including phenoxy) is 2. The second kappa shape index (κ2) is 8.78. The number of benzene rings is 3. The molecule has 3 aromatic carbocycles. The highest BCUT2D eigenvalue weighted by atomic mass is 19.1. The molecule has 2 amide bonds. The molecule has 1 heterocycles. The number of aryl methyl sites for hydroxylation is 2. The monoisotopic (exact) mass is 446 g/mol. The Morgan fingerprint density at radius 3 is 2.18 bits per heavy atom. The number of carbonyl (C=O) groups is 2. The molecule has 0 fully saturated rings. The van der Waals surface area contributed by atoms with Gasteiger partial charge in [-0.25, -0.2) is 9.29 Å². The first-order chi connectivity index (χ1) is 15.8. The van der Waals surface area contributed by atoms with Crippen LogP contribution in [-0.2, 0) is 9.59 Å². The quantitative estimate of drug-likeness (QED) is 0.548. The third-order valence-electron chi connectivity index (χ3n) is 5.48. The fourth-order valence-corrected chi connectivity index (χ4v) is 3.77. The first-order valence-electron chi connectivity index (χ1n) is 10.3. The summed E-state index contributed by atoms with van der Waals surface area (Å²) in [7, 11) is 3.04. The van der Waals surface area contributed by atoms with Crippen LogP contribution >= 0.6 is 0 Å². The molecule has 0 radical (unpaired) electrons. The van der Waals surface area contributed by atoms with Crippen LogP contribution in [0.3, 0.4) is 0 Å². The van der Waals surface area contributed by atoms with Crippen LogP contribution in [0.5, 0.6) is 11.5 Å². The van der Waals surface area contributed by atoms with Crippen LogP contribution < -0.4 is 19.7 Å². The molecule has 168 valence electrons. The highest BCUT2D eigenvalue weighted by Crippen LogP contribution is 2.37. The zero-order valence-electron chi connectivity index (χ0n) is 18.7. The van der Waals surface area contributed by atoms with Crippen LogP contribution in [0.2, 0.25) is 0 Å². The van der Waals surface area contributed by atoms with Crippen LogP contribution in [0.25, 0.3) is 5.57 Å². The second-order valence-electron chi connectivity index (χ2n) is 7.69. The summed E-state index contributed by atoms with van der Waals surface area (Å²) in [5, 5.41) is 3.08. The minimum Gasteiger partial charge on any atom is -0.493 e. The summed E-state index contributed by atoms with van der Waals surface area (Å²) in [6.07, 6.45) is 0. The maximum Gasteiger partial charge on any atom is 0.282 e. The standard InChI is InChI=1S/C26H23FN2O4/c1-15-5-6-16(2)20(13-15)29-25(30)23(17-7-9-18(27)10-8-17)24(26(29)31)28-19-11-12-21(32-3)22(14-19)33-4/h5-14,28H,1-4H3. The summed E-state index contributed by atoms with van der Waals surface area (Å²) in [4.78, 5) is 28.3. The molecule has 6 nitrogen and oxygen atoms in total. The Morgan fingerprint density at radius 2 is 1.52 bits per heavy atom. The summed E-state index contributed by atoms with van der Waals surface area (Å²) in [6.45, 7) is 3.73. The normalized spacial score (nSPS) is 13.5. The average molecular weight is 446 g/mol. The predicted octanol–water partition coefficient (Wildman–Crippen LogP) is 4.86. The number of nitrogens with zero attached hydrogens (tertiary/aromatic N) is 1. The first kappa shape index (κ1) is 22.1. The summed E-state index contributed by atoms with van der Waals surface area (Å²) in [5.74, 6) is -0.417. The van der Waals surface area contributed by atoms with E-state index in [9.17, 15) is 14.0 Å². The van der Waals surface area contributed by atoms with Gasteiger partial charge in [0.2, 0.25) is 0 Å². The van der Waals surface area contributed by atoms with E-state index in [4.69, 9.17) is 9.47 Å². The van der Waals surface area contributed by atoms with E-state index in [0.717, 1.165) is 16.0 Å².